The Labute approximate surface area is 90.5 Å². The molecular formula is C11H18N4. The van der Waals surface area contributed by atoms with E-state index in [-0.39, 0.29) is 0 Å². The Morgan fingerprint density at radius 3 is 3.20 bits per heavy atom. The van der Waals surface area contributed by atoms with Crippen molar-refractivity contribution in [3.63, 3.8) is 0 Å². The van der Waals surface area contributed by atoms with Gasteiger partial charge in [0.05, 0.1) is 0 Å². The summed E-state index contributed by atoms with van der Waals surface area (Å²) in [6.07, 6.45) is 5.67. The average molecular weight is 206 g/mol. The summed E-state index contributed by atoms with van der Waals surface area (Å²) in [5, 5.41) is 6.76. The predicted octanol–water partition coefficient (Wildman–Crippen LogP) is 1.34. The molecule has 1 unspecified atom stereocenters. The molecule has 1 saturated heterocycles. The Balaban J connectivity index is 1.81. The van der Waals surface area contributed by atoms with Crippen molar-refractivity contribution in [2.45, 2.75) is 32.2 Å². The molecule has 1 atom stereocenters. The van der Waals surface area contributed by atoms with Gasteiger partial charge < -0.3 is 10.6 Å². The lowest BCUT2D eigenvalue weighted by Gasteiger charge is -2.23. The summed E-state index contributed by atoms with van der Waals surface area (Å²) in [4.78, 5) is 8.48. The summed E-state index contributed by atoms with van der Waals surface area (Å²) >= 11 is 0. The number of aryl methyl sites for hydroxylation is 1. The Hall–Kier alpha value is -1.16. The normalized spacial score (nSPS) is 21.3. The van der Waals surface area contributed by atoms with Gasteiger partial charge >= 0.3 is 0 Å². The van der Waals surface area contributed by atoms with Gasteiger partial charge in [0, 0.05) is 24.5 Å². The van der Waals surface area contributed by atoms with Crippen LogP contribution in [0.15, 0.2) is 12.3 Å². The van der Waals surface area contributed by atoms with Gasteiger partial charge in [-0.25, -0.2) is 9.97 Å². The van der Waals surface area contributed by atoms with Crippen LogP contribution >= 0.6 is 0 Å². The molecule has 2 rings (SSSR count). The van der Waals surface area contributed by atoms with Crippen molar-refractivity contribution < 1.29 is 0 Å². The number of hydrogen-bond acceptors (Lipinski definition) is 4. The standard InChI is InChI=1S/C11H18N4/c1-9-5-7-13-11(15-9)14-8-10-4-2-3-6-12-10/h5,7,10,12H,2-4,6,8H2,1H3,(H,13,14,15). The first-order chi connectivity index (χ1) is 7.34. The fraction of sp³-hybridized carbons (Fsp3) is 0.636. The van der Waals surface area contributed by atoms with Crippen molar-refractivity contribution >= 4 is 5.95 Å². The maximum absolute atomic E-state index is 4.31. The van der Waals surface area contributed by atoms with E-state index in [0.29, 0.717) is 6.04 Å². The van der Waals surface area contributed by atoms with Crippen molar-refractivity contribution in [1.82, 2.24) is 15.3 Å². The van der Waals surface area contributed by atoms with Crippen molar-refractivity contribution in [2.24, 2.45) is 0 Å². The largest absolute Gasteiger partial charge is 0.353 e. The molecule has 82 valence electrons. The van der Waals surface area contributed by atoms with Gasteiger partial charge in [-0.05, 0) is 32.4 Å². The summed E-state index contributed by atoms with van der Waals surface area (Å²) in [6, 6.07) is 2.48. The van der Waals surface area contributed by atoms with Gasteiger partial charge in [0.1, 0.15) is 0 Å². The van der Waals surface area contributed by atoms with Crippen molar-refractivity contribution in [3.05, 3.63) is 18.0 Å². The molecule has 0 saturated carbocycles. The van der Waals surface area contributed by atoms with E-state index in [0.717, 1.165) is 24.7 Å². The van der Waals surface area contributed by atoms with E-state index < -0.39 is 0 Å². The van der Waals surface area contributed by atoms with E-state index in [4.69, 9.17) is 0 Å². The first-order valence-electron chi connectivity index (χ1n) is 5.61. The summed E-state index contributed by atoms with van der Waals surface area (Å²) in [7, 11) is 0. The van der Waals surface area contributed by atoms with Crippen LogP contribution in [0.5, 0.6) is 0 Å². The molecule has 0 spiro atoms. The smallest absolute Gasteiger partial charge is 0.222 e. The zero-order valence-electron chi connectivity index (χ0n) is 9.16. The molecule has 2 heterocycles. The molecule has 0 bridgehead atoms. The molecule has 0 radical (unpaired) electrons. The van der Waals surface area contributed by atoms with Crippen LogP contribution in [0.2, 0.25) is 0 Å². The third-order valence-corrected chi connectivity index (χ3v) is 2.71. The van der Waals surface area contributed by atoms with Crippen LogP contribution in [0.3, 0.4) is 0 Å². The van der Waals surface area contributed by atoms with E-state index in [1.165, 1.54) is 19.3 Å². The predicted molar refractivity (Wildman–Crippen MR) is 60.9 cm³/mol. The highest BCUT2D eigenvalue weighted by Crippen LogP contribution is 2.07. The lowest BCUT2D eigenvalue weighted by molar-refractivity contribution is 0.413. The minimum Gasteiger partial charge on any atom is -0.353 e. The zero-order chi connectivity index (χ0) is 10.5. The molecule has 15 heavy (non-hydrogen) atoms. The Morgan fingerprint density at radius 1 is 1.53 bits per heavy atom. The van der Waals surface area contributed by atoms with Gasteiger partial charge in [-0.15, -0.1) is 0 Å². The second-order valence-electron chi connectivity index (χ2n) is 4.05. The lowest BCUT2D eigenvalue weighted by atomic mass is 10.1. The Bertz CT molecular complexity index is 307. The number of nitrogens with one attached hydrogen (secondary N) is 2. The maximum atomic E-state index is 4.31. The number of anilines is 1. The SMILES string of the molecule is Cc1ccnc(NCC2CCCCN2)n1. The molecule has 4 nitrogen and oxygen atoms in total. The molecule has 2 N–H and O–H groups in total. The molecule has 0 aliphatic carbocycles. The van der Waals surface area contributed by atoms with Crippen molar-refractivity contribution in [2.75, 3.05) is 18.4 Å². The monoisotopic (exact) mass is 206 g/mol. The highest BCUT2D eigenvalue weighted by Gasteiger charge is 2.11. The highest BCUT2D eigenvalue weighted by atomic mass is 15.1. The van der Waals surface area contributed by atoms with Gasteiger partial charge in [-0.1, -0.05) is 6.42 Å². The van der Waals surface area contributed by atoms with Crippen LogP contribution in [-0.4, -0.2) is 29.1 Å². The van der Waals surface area contributed by atoms with Crippen LogP contribution in [0, 0.1) is 6.92 Å². The second-order valence-corrected chi connectivity index (χ2v) is 4.05. The van der Waals surface area contributed by atoms with E-state index in [1.807, 2.05) is 13.0 Å². The fourth-order valence-corrected chi connectivity index (χ4v) is 1.85. The van der Waals surface area contributed by atoms with E-state index in [2.05, 4.69) is 20.6 Å². The van der Waals surface area contributed by atoms with Crippen LogP contribution in [-0.2, 0) is 0 Å². The van der Waals surface area contributed by atoms with Gasteiger partial charge in [0.25, 0.3) is 0 Å². The minimum absolute atomic E-state index is 0.572. The van der Waals surface area contributed by atoms with Crippen LogP contribution in [0.4, 0.5) is 5.95 Å². The average Bonchev–Trinajstić information content (AvgIpc) is 2.28. The van der Waals surface area contributed by atoms with E-state index in [1.54, 1.807) is 6.20 Å². The zero-order valence-corrected chi connectivity index (χ0v) is 9.16. The van der Waals surface area contributed by atoms with Crippen LogP contribution < -0.4 is 10.6 Å². The molecular weight excluding hydrogens is 188 g/mol. The highest BCUT2D eigenvalue weighted by molar-refractivity contribution is 5.24. The van der Waals surface area contributed by atoms with Gasteiger partial charge in [-0.2, -0.15) is 0 Å². The van der Waals surface area contributed by atoms with E-state index >= 15 is 0 Å². The quantitative estimate of drug-likeness (QED) is 0.783. The first-order valence-corrected chi connectivity index (χ1v) is 5.61. The molecule has 0 amide bonds. The lowest BCUT2D eigenvalue weighted by Crippen LogP contribution is -2.39. The molecule has 4 heteroatoms. The number of piperidine rings is 1. The minimum atomic E-state index is 0.572. The van der Waals surface area contributed by atoms with E-state index in [9.17, 15) is 0 Å². The summed E-state index contributed by atoms with van der Waals surface area (Å²) in [5.74, 6) is 0.738. The molecule has 1 aromatic heterocycles. The topological polar surface area (TPSA) is 49.8 Å². The number of rotatable bonds is 3. The van der Waals surface area contributed by atoms with Crippen molar-refractivity contribution in [1.29, 1.82) is 0 Å². The third-order valence-electron chi connectivity index (χ3n) is 2.71. The van der Waals surface area contributed by atoms with Crippen LogP contribution in [0.1, 0.15) is 25.0 Å². The summed E-state index contributed by atoms with van der Waals surface area (Å²) < 4.78 is 0. The van der Waals surface area contributed by atoms with Crippen LogP contribution in [0.25, 0.3) is 0 Å². The number of nitrogens with zero attached hydrogens (tertiary/aromatic N) is 2. The number of aromatic nitrogens is 2. The number of hydrogen-bond donors (Lipinski definition) is 2. The van der Waals surface area contributed by atoms with Crippen molar-refractivity contribution in [3.8, 4) is 0 Å². The maximum Gasteiger partial charge on any atom is 0.222 e. The van der Waals surface area contributed by atoms with Gasteiger partial charge in [0.2, 0.25) is 5.95 Å². The summed E-state index contributed by atoms with van der Waals surface area (Å²) in [5.41, 5.74) is 1.00. The molecule has 1 fully saturated rings. The summed E-state index contributed by atoms with van der Waals surface area (Å²) in [6.45, 7) is 4.04. The fourth-order valence-electron chi connectivity index (χ4n) is 1.85. The molecule has 0 aromatic carbocycles. The molecule has 1 aromatic rings. The Morgan fingerprint density at radius 2 is 2.47 bits per heavy atom. The van der Waals surface area contributed by atoms with Gasteiger partial charge in [0.15, 0.2) is 0 Å². The Kier molecular flexibility index (Phi) is 3.50. The second kappa shape index (κ2) is 5.07. The first kappa shape index (κ1) is 10.4. The molecule has 1 aliphatic rings. The van der Waals surface area contributed by atoms with Gasteiger partial charge in [-0.3, -0.25) is 0 Å². The third kappa shape index (κ3) is 3.16. The molecule has 1 aliphatic heterocycles.